The molecule has 0 bridgehead atoms. The van der Waals surface area contributed by atoms with E-state index in [1.54, 1.807) is 0 Å². The number of rotatable bonds is 7. The fourth-order valence-corrected chi connectivity index (χ4v) is 1.75. The lowest BCUT2D eigenvalue weighted by molar-refractivity contribution is 0.413. The zero-order valence-corrected chi connectivity index (χ0v) is 12.6. The predicted molar refractivity (Wildman–Crippen MR) is 73.4 cm³/mol. The Hall–Kier alpha value is -1.72. The normalized spacial score (nSPS) is 11.7. The molecule has 0 fully saturated rings. The number of nitrogens with zero attached hydrogens (tertiary/aromatic N) is 4. The molecule has 6 heteroatoms. The SMILES string of the molecule is CC(C)c1nnc(CCCCc2nnc(C(C)C)o2)o1. The van der Waals surface area contributed by atoms with E-state index in [0.29, 0.717) is 23.6 Å². The summed E-state index contributed by atoms with van der Waals surface area (Å²) in [7, 11) is 0. The van der Waals surface area contributed by atoms with Crippen LogP contribution < -0.4 is 0 Å². The van der Waals surface area contributed by atoms with Gasteiger partial charge in [0.15, 0.2) is 0 Å². The third-order valence-electron chi connectivity index (χ3n) is 2.98. The molecule has 0 saturated carbocycles. The summed E-state index contributed by atoms with van der Waals surface area (Å²) in [6.07, 6.45) is 3.54. The fourth-order valence-electron chi connectivity index (χ4n) is 1.75. The molecule has 0 aliphatic heterocycles. The Labute approximate surface area is 119 Å². The minimum atomic E-state index is 0.282. The van der Waals surface area contributed by atoms with Crippen LogP contribution in [0.2, 0.25) is 0 Å². The van der Waals surface area contributed by atoms with E-state index in [1.807, 2.05) is 27.7 Å². The molecule has 0 N–H and O–H groups in total. The third-order valence-corrected chi connectivity index (χ3v) is 2.98. The van der Waals surface area contributed by atoms with Gasteiger partial charge in [0.25, 0.3) is 0 Å². The van der Waals surface area contributed by atoms with Crippen molar-refractivity contribution in [2.24, 2.45) is 0 Å². The van der Waals surface area contributed by atoms with E-state index in [2.05, 4.69) is 20.4 Å². The summed E-state index contributed by atoms with van der Waals surface area (Å²) in [5, 5.41) is 16.1. The van der Waals surface area contributed by atoms with Gasteiger partial charge in [0.05, 0.1) is 0 Å². The molecule has 0 amide bonds. The lowest BCUT2D eigenvalue weighted by Crippen LogP contribution is -1.90. The van der Waals surface area contributed by atoms with Crippen LogP contribution in [0.25, 0.3) is 0 Å². The summed E-state index contributed by atoms with van der Waals surface area (Å²) in [4.78, 5) is 0. The van der Waals surface area contributed by atoms with Crippen molar-refractivity contribution in [2.45, 2.75) is 65.2 Å². The average Bonchev–Trinajstić information content (AvgIpc) is 3.04. The number of aryl methyl sites for hydroxylation is 2. The molecule has 0 atom stereocenters. The molecule has 0 aromatic carbocycles. The molecule has 6 nitrogen and oxygen atoms in total. The molecule has 2 aromatic heterocycles. The maximum atomic E-state index is 5.56. The highest BCUT2D eigenvalue weighted by molar-refractivity contribution is 4.89. The Morgan fingerprint density at radius 1 is 0.700 bits per heavy atom. The molecule has 0 spiro atoms. The van der Waals surface area contributed by atoms with Gasteiger partial charge in [-0.2, -0.15) is 0 Å². The van der Waals surface area contributed by atoms with Crippen molar-refractivity contribution in [3.8, 4) is 0 Å². The second-order valence-electron chi connectivity index (χ2n) is 5.58. The molecule has 0 unspecified atom stereocenters. The minimum absolute atomic E-state index is 0.282. The first-order valence-corrected chi connectivity index (χ1v) is 7.20. The standard InChI is InChI=1S/C14H22N4O2/c1-9(2)13-17-15-11(19-13)7-5-6-8-12-16-18-14(20-12)10(3)4/h9-10H,5-8H2,1-4H3. The van der Waals surface area contributed by atoms with Crippen molar-refractivity contribution in [1.82, 2.24) is 20.4 Å². The van der Waals surface area contributed by atoms with Gasteiger partial charge in [-0.05, 0) is 12.8 Å². The molecule has 2 aromatic rings. The number of hydrogen-bond donors (Lipinski definition) is 0. The molecule has 0 saturated heterocycles. The molecule has 0 aliphatic rings. The van der Waals surface area contributed by atoms with E-state index in [4.69, 9.17) is 8.83 Å². The quantitative estimate of drug-likeness (QED) is 0.723. The number of unbranched alkanes of at least 4 members (excludes halogenated alkanes) is 1. The number of aromatic nitrogens is 4. The monoisotopic (exact) mass is 278 g/mol. The maximum absolute atomic E-state index is 5.56. The number of hydrogen-bond acceptors (Lipinski definition) is 6. The molecule has 2 rings (SSSR count). The molecule has 20 heavy (non-hydrogen) atoms. The van der Waals surface area contributed by atoms with Crippen molar-refractivity contribution >= 4 is 0 Å². The van der Waals surface area contributed by atoms with Gasteiger partial charge in [0.1, 0.15) is 0 Å². The van der Waals surface area contributed by atoms with Crippen LogP contribution >= 0.6 is 0 Å². The summed E-state index contributed by atoms with van der Waals surface area (Å²) in [5.41, 5.74) is 0. The van der Waals surface area contributed by atoms with Crippen LogP contribution in [-0.2, 0) is 12.8 Å². The summed E-state index contributed by atoms with van der Waals surface area (Å²) in [6, 6.07) is 0. The fraction of sp³-hybridized carbons (Fsp3) is 0.714. The molecular weight excluding hydrogens is 256 g/mol. The highest BCUT2D eigenvalue weighted by atomic mass is 16.4. The molecule has 0 aliphatic carbocycles. The third kappa shape index (κ3) is 3.88. The van der Waals surface area contributed by atoms with Gasteiger partial charge in [0.2, 0.25) is 23.6 Å². The molecule has 110 valence electrons. The van der Waals surface area contributed by atoms with Crippen molar-refractivity contribution in [3.63, 3.8) is 0 Å². The van der Waals surface area contributed by atoms with Crippen LogP contribution in [0.4, 0.5) is 0 Å². The molecule has 0 radical (unpaired) electrons. The average molecular weight is 278 g/mol. The van der Waals surface area contributed by atoms with Gasteiger partial charge in [0, 0.05) is 24.7 Å². The van der Waals surface area contributed by atoms with E-state index in [1.165, 1.54) is 0 Å². The van der Waals surface area contributed by atoms with Crippen LogP contribution in [-0.4, -0.2) is 20.4 Å². The topological polar surface area (TPSA) is 77.8 Å². The highest BCUT2D eigenvalue weighted by Gasteiger charge is 2.11. The first-order valence-electron chi connectivity index (χ1n) is 7.20. The Kier molecular flexibility index (Phi) is 4.87. The molecular formula is C14H22N4O2. The van der Waals surface area contributed by atoms with Gasteiger partial charge in [-0.15, -0.1) is 20.4 Å². The Balaban J connectivity index is 1.72. The first kappa shape index (κ1) is 14.7. The lowest BCUT2D eigenvalue weighted by atomic mass is 10.2. The van der Waals surface area contributed by atoms with Gasteiger partial charge in [-0.25, -0.2) is 0 Å². The molecule has 2 heterocycles. The van der Waals surface area contributed by atoms with Crippen LogP contribution in [0.1, 0.15) is 75.9 Å². The van der Waals surface area contributed by atoms with Crippen LogP contribution in [0.5, 0.6) is 0 Å². The van der Waals surface area contributed by atoms with E-state index < -0.39 is 0 Å². The largest absolute Gasteiger partial charge is 0.425 e. The predicted octanol–water partition coefficient (Wildman–Crippen LogP) is 3.26. The zero-order chi connectivity index (χ0) is 14.5. The van der Waals surface area contributed by atoms with Crippen molar-refractivity contribution in [1.29, 1.82) is 0 Å². The van der Waals surface area contributed by atoms with Crippen LogP contribution in [0, 0.1) is 0 Å². The summed E-state index contributed by atoms with van der Waals surface area (Å²) >= 11 is 0. The van der Waals surface area contributed by atoms with Gasteiger partial charge >= 0.3 is 0 Å². The maximum Gasteiger partial charge on any atom is 0.219 e. The minimum Gasteiger partial charge on any atom is -0.425 e. The van der Waals surface area contributed by atoms with E-state index in [9.17, 15) is 0 Å². The van der Waals surface area contributed by atoms with Crippen molar-refractivity contribution in [2.75, 3.05) is 0 Å². The van der Waals surface area contributed by atoms with E-state index >= 15 is 0 Å². The van der Waals surface area contributed by atoms with Crippen molar-refractivity contribution < 1.29 is 8.83 Å². The van der Waals surface area contributed by atoms with Crippen molar-refractivity contribution in [3.05, 3.63) is 23.6 Å². The van der Waals surface area contributed by atoms with Crippen LogP contribution in [0.15, 0.2) is 8.83 Å². The summed E-state index contributed by atoms with van der Waals surface area (Å²) < 4.78 is 11.1. The van der Waals surface area contributed by atoms with Crippen LogP contribution in [0.3, 0.4) is 0 Å². The Bertz CT molecular complexity index is 483. The zero-order valence-electron chi connectivity index (χ0n) is 12.6. The van der Waals surface area contributed by atoms with Gasteiger partial charge < -0.3 is 8.83 Å². The summed E-state index contributed by atoms with van der Waals surface area (Å²) in [6.45, 7) is 8.16. The Morgan fingerprint density at radius 2 is 1.10 bits per heavy atom. The summed E-state index contributed by atoms with van der Waals surface area (Å²) in [5.74, 6) is 3.40. The van der Waals surface area contributed by atoms with E-state index in [-0.39, 0.29) is 11.8 Å². The van der Waals surface area contributed by atoms with Gasteiger partial charge in [-0.3, -0.25) is 0 Å². The van der Waals surface area contributed by atoms with E-state index in [0.717, 1.165) is 25.7 Å². The smallest absolute Gasteiger partial charge is 0.219 e. The second-order valence-corrected chi connectivity index (χ2v) is 5.58. The lowest BCUT2D eigenvalue weighted by Gasteiger charge is -1.97. The second kappa shape index (κ2) is 6.63. The van der Waals surface area contributed by atoms with Gasteiger partial charge in [-0.1, -0.05) is 27.7 Å². The Morgan fingerprint density at radius 3 is 1.40 bits per heavy atom. The highest BCUT2D eigenvalue weighted by Crippen LogP contribution is 2.15. The first-order chi connectivity index (χ1) is 9.56.